The first-order valence-electron chi connectivity index (χ1n) is 9.12. The molecule has 2 aromatic carbocycles. The summed E-state index contributed by atoms with van der Waals surface area (Å²) in [4.78, 5) is 12.3. The lowest BCUT2D eigenvalue weighted by molar-refractivity contribution is -0.119. The van der Waals surface area contributed by atoms with Crippen molar-refractivity contribution in [3.63, 3.8) is 0 Å². The highest BCUT2D eigenvalue weighted by Crippen LogP contribution is 2.21. The van der Waals surface area contributed by atoms with Gasteiger partial charge >= 0.3 is 0 Å². The van der Waals surface area contributed by atoms with Gasteiger partial charge in [-0.3, -0.25) is 9.10 Å². The van der Waals surface area contributed by atoms with Gasteiger partial charge in [0.15, 0.2) is 0 Å². The first-order chi connectivity index (χ1) is 13.2. The van der Waals surface area contributed by atoms with Crippen LogP contribution in [0.25, 0.3) is 0 Å². The number of thioether (sulfide) groups is 1. The molecular weight excluding hydrogens is 392 g/mol. The third-order valence-corrected chi connectivity index (χ3v) is 6.56. The van der Waals surface area contributed by atoms with Crippen molar-refractivity contribution < 1.29 is 13.2 Å². The summed E-state index contributed by atoms with van der Waals surface area (Å²) in [6, 6.07) is 13.7. The SMILES string of the molecule is Cc1cccc(CSCCNC(=O)CN(c2ccc(C)c(C)c2)S(C)(=O)=O)c1. The van der Waals surface area contributed by atoms with Crippen molar-refractivity contribution in [1.29, 1.82) is 0 Å². The van der Waals surface area contributed by atoms with E-state index in [0.717, 1.165) is 33.2 Å². The van der Waals surface area contributed by atoms with E-state index in [0.29, 0.717) is 12.2 Å². The molecule has 0 unspecified atom stereocenters. The van der Waals surface area contributed by atoms with Gasteiger partial charge in [0.2, 0.25) is 15.9 Å². The predicted octanol–water partition coefficient (Wildman–Crippen LogP) is 3.43. The Morgan fingerprint density at radius 3 is 2.46 bits per heavy atom. The lowest BCUT2D eigenvalue weighted by Gasteiger charge is -2.22. The van der Waals surface area contributed by atoms with Gasteiger partial charge in [-0.25, -0.2) is 8.42 Å². The molecule has 152 valence electrons. The molecule has 0 saturated heterocycles. The highest BCUT2D eigenvalue weighted by atomic mass is 32.2. The zero-order chi connectivity index (χ0) is 20.7. The summed E-state index contributed by atoms with van der Waals surface area (Å²) >= 11 is 1.73. The van der Waals surface area contributed by atoms with Crippen LogP contribution < -0.4 is 9.62 Å². The molecule has 0 bridgehead atoms. The molecule has 0 saturated carbocycles. The van der Waals surface area contributed by atoms with Gasteiger partial charge in [0.25, 0.3) is 0 Å². The number of carbonyl (C=O) groups is 1. The maximum absolute atomic E-state index is 12.3. The molecule has 7 heteroatoms. The molecule has 2 aromatic rings. The van der Waals surface area contributed by atoms with Gasteiger partial charge in [-0.1, -0.05) is 35.9 Å². The summed E-state index contributed by atoms with van der Waals surface area (Å²) in [7, 11) is -3.55. The first-order valence-corrected chi connectivity index (χ1v) is 12.1. The molecular formula is C21H28N2O3S2. The molecule has 28 heavy (non-hydrogen) atoms. The summed E-state index contributed by atoms with van der Waals surface area (Å²) in [5.74, 6) is 1.34. The van der Waals surface area contributed by atoms with Gasteiger partial charge in [0.1, 0.15) is 6.54 Å². The number of benzene rings is 2. The van der Waals surface area contributed by atoms with Crippen molar-refractivity contribution in [2.45, 2.75) is 26.5 Å². The van der Waals surface area contributed by atoms with Crippen LogP contribution in [0.15, 0.2) is 42.5 Å². The van der Waals surface area contributed by atoms with Crippen LogP contribution >= 0.6 is 11.8 Å². The number of nitrogens with one attached hydrogen (secondary N) is 1. The van der Waals surface area contributed by atoms with Gasteiger partial charge in [0, 0.05) is 18.1 Å². The summed E-state index contributed by atoms with van der Waals surface area (Å²) in [6.07, 6.45) is 1.12. The van der Waals surface area contributed by atoms with E-state index in [-0.39, 0.29) is 12.5 Å². The number of carbonyl (C=O) groups excluding carboxylic acids is 1. The maximum Gasteiger partial charge on any atom is 0.240 e. The molecule has 0 heterocycles. The second-order valence-electron chi connectivity index (χ2n) is 6.93. The van der Waals surface area contributed by atoms with Gasteiger partial charge in [-0.05, 0) is 49.6 Å². The van der Waals surface area contributed by atoms with Crippen LogP contribution in [-0.2, 0) is 20.6 Å². The molecule has 0 aliphatic carbocycles. The fourth-order valence-corrected chi connectivity index (χ4v) is 4.38. The van der Waals surface area contributed by atoms with Crippen LogP contribution in [0.1, 0.15) is 22.3 Å². The fourth-order valence-electron chi connectivity index (χ4n) is 2.72. The number of amides is 1. The Labute approximate surface area is 172 Å². The summed E-state index contributed by atoms with van der Waals surface area (Å²) in [6.45, 7) is 6.23. The summed E-state index contributed by atoms with van der Waals surface area (Å²) in [5.41, 5.74) is 5.06. The number of sulfonamides is 1. The van der Waals surface area contributed by atoms with Crippen LogP contribution in [0.5, 0.6) is 0 Å². The normalized spacial score (nSPS) is 11.3. The fraction of sp³-hybridized carbons (Fsp3) is 0.381. The van der Waals surface area contributed by atoms with Crippen molar-refractivity contribution in [3.8, 4) is 0 Å². The third-order valence-electron chi connectivity index (χ3n) is 4.39. The minimum atomic E-state index is -3.55. The Balaban J connectivity index is 1.85. The second kappa shape index (κ2) is 9.98. The number of nitrogens with zero attached hydrogens (tertiary/aromatic N) is 1. The van der Waals surface area contributed by atoms with Crippen LogP contribution in [0.2, 0.25) is 0 Å². The Morgan fingerprint density at radius 2 is 1.82 bits per heavy atom. The molecule has 5 nitrogen and oxygen atoms in total. The van der Waals surface area contributed by atoms with Crippen molar-refractivity contribution in [2.75, 3.05) is 29.4 Å². The average molecular weight is 421 g/mol. The monoisotopic (exact) mass is 420 g/mol. The Hall–Kier alpha value is -1.99. The molecule has 0 spiro atoms. The molecule has 0 aliphatic rings. The standard InChI is InChI=1S/C21H28N2O3S2/c1-16-6-5-7-19(12-16)15-27-11-10-22-21(24)14-23(28(4,25)26)20-9-8-17(2)18(3)13-20/h5-9,12-13H,10-11,14-15H2,1-4H3,(H,22,24). The zero-order valence-electron chi connectivity index (χ0n) is 16.9. The Morgan fingerprint density at radius 1 is 1.07 bits per heavy atom. The number of aryl methyl sites for hydroxylation is 3. The smallest absolute Gasteiger partial charge is 0.240 e. The van der Waals surface area contributed by atoms with Crippen molar-refractivity contribution >= 4 is 33.4 Å². The van der Waals surface area contributed by atoms with Crippen LogP contribution in [0, 0.1) is 20.8 Å². The lowest BCUT2D eigenvalue weighted by Crippen LogP contribution is -2.41. The van der Waals surface area contributed by atoms with Crippen LogP contribution in [-0.4, -0.2) is 39.4 Å². The Kier molecular flexibility index (Phi) is 7.95. The minimum absolute atomic E-state index is 0.218. The number of anilines is 1. The highest BCUT2D eigenvalue weighted by molar-refractivity contribution is 7.98. The van der Waals surface area contributed by atoms with Crippen molar-refractivity contribution in [3.05, 3.63) is 64.7 Å². The second-order valence-corrected chi connectivity index (χ2v) is 9.94. The van der Waals surface area contributed by atoms with Gasteiger partial charge in [-0.15, -0.1) is 0 Å². The molecule has 0 fully saturated rings. The van der Waals surface area contributed by atoms with Crippen LogP contribution in [0.3, 0.4) is 0 Å². The molecule has 1 amide bonds. The predicted molar refractivity (Wildman–Crippen MR) is 118 cm³/mol. The van der Waals surface area contributed by atoms with Gasteiger partial charge in [-0.2, -0.15) is 11.8 Å². The molecule has 0 atom stereocenters. The van der Waals surface area contributed by atoms with E-state index in [1.54, 1.807) is 23.9 Å². The molecule has 0 aromatic heterocycles. The molecule has 1 N–H and O–H groups in total. The molecule has 0 radical (unpaired) electrons. The zero-order valence-corrected chi connectivity index (χ0v) is 18.5. The number of hydrogen-bond acceptors (Lipinski definition) is 4. The largest absolute Gasteiger partial charge is 0.354 e. The van der Waals surface area contributed by atoms with E-state index >= 15 is 0 Å². The van der Waals surface area contributed by atoms with Crippen LogP contribution in [0.4, 0.5) is 5.69 Å². The summed E-state index contributed by atoms with van der Waals surface area (Å²) < 4.78 is 25.5. The van der Waals surface area contributed by atoms with E-state index in [9.17, 15) is 13.2 Å². The lowest BCUT2D eigenvalue weighted by atomic mass is 10.1. The number of rotatable bonds is 9. The minimum Gasteiger partial charge on any atom is -0.354 e. The van der Waals surface area contributed by atoms with Crippen molar-refractivity contribution in [1.82, 2.24) is 5.32 Å². The van der Waals surface area contributed by atoms with Gasteiger partial charge in [0.05, 0.1) is 11.9 Å². The van der Waals surface area contributed by atoms with E-state index in [4.69, 9.17) is 0 Å². The van der Waals surface area contributed by atoms with E-state index in [1.165, 1.54) is 11.1 Å². The quantitative estimate of drug-likeness (QED) is 0.631. The molecule has 2 rings (SSSR count). The highest BCUT2D eigenvalue weighted by Gasteiger charge is 2.21. The topological polar surface area (TPSA) is 66.5 Å². The van der Waals surface area contributed by atoms with E-state index in [2.05, 4.69) is 30.4 Å². The maximum atomic E-state index is 12.3. The van der Waals surface area contributed by atoms with Crippen molar-refractivity contribution in [2.24, 2.45) is 0 Å². The molecule has 0 aliphatic heterocycles. The van der Waals surface area contributed by atoms with E-state index in [1.807, 2.05) is 26.0 Å². The number of hydrogen-bond donors (Lipinski definition) is 1. The average Bonchev–Trinajstić information content (AvgIpc) is 2.61. The van der Waals surface area contributed by atoms with E-state index < -0.39 is 10.0 Å². The summed E-state index contributed by atoms with van der Waals surface area (Å²) in [5, 5.41) is 2.81. The Bertz CT molecular complexity index is 927. The van der Waals surface area contributed by atoms with Gasteiger partial charge < -0.3 is 5.32 Å². The first kappa shape index (κ1) is 22.3. The third kappa shape index (κ3) is 6.87.